The van der Waals surface area contributed by atoms with E-state index < -0.39 is 18.0 Å². The Kier molecular flexibility index (Phi) is 20.3. The summed E-state index contributed by atoms with van der Waals surface area (Å²) in [5.74, 6) is -0.890. The summed E-state index contributed by atoms with van der Waals surface area (Å²) in [5, 5.41) is 2.76. The van der Waals surface area contributed by atoms with E-state index in [2.05, 4.69) is 12.2 Å². The molecule has 0 heterocycles. The van der Waals surface area contributed by atoms with Crippen LogP contribution in [-0.2, 0) is 14.3 Å². The Hall–Kier alpha value is 0.1000. The molecule has 23 heavy (non-hydrogen) atoms. The Morgan fingerprint density at radius 1 is 0.870 bits per heavy atom. The molecule has 0 aromatic rings. The van der Waals surface area contributed by atoms with Gasteiger partial charge in [0.1, 0.15) is 6.04 Å². The quantitative estimate of drug-likeness (QED) is 0.227. The third-order valence-electron chi connectivity index (χ3n) is 3.99. The average Bonchev–Trinajstić information content (AvgIpc) is 2.51. The van der Waals surface area contributed by atoms with E-state index in [1.807, 2.05) is 0 Å². The number of hydrogen-bond donors (Lipinski definition) is 1. The van der Waals surface area contributed by atoms with Crippen molar-refractivity contribution >= 4 is 41.5 Å². The molecule has 5 heteroatoms. The van der Waals surface area contributed by atoms with Crippen LogP contribution in [0.1, 0.15) is 90.9 Å². The molecule has 0 saturated carbocycles. The van der Waals surface area contributed by atoms with Crippen LogP contribution in [0.25, 0.3) is 0 Å². The van der Waals surface area contributed by atoms with E-state index in [0.29, 0.717) is 6.42 Å². The molecular formula is C18H36NNaO3. The Labute approximate surface area is 164 Å². The van der Waals surface area contributed by atoms with Crippen LogP contribution in [0.5, 0.6) is 0 Å². The first-order chi connectivity index (χ1) is 10.6. The Morgan fingerprint density at radius 2 is 1.30 bits per heavy atom. The van der Waals surface area contributed by atoms with Gasteiger partial charge in [0.15, 0.2) is 0 Å². The molecule has 4 nitrogen and oxygen atoms in total. The van der Waals surface area contributed by atoms with Gasteiger partial charge in [0, 0.05) is 6.42 Å². The summed E-state index contributed by atoms with van der Waals surface area (Å²) >= 11 is 0. The second kappa shape index (κ2) is 18.4. The van der Waals surface area contributed by atoms with Gasteiger partial charge < -0.3 is 10.1 Å². The number of rotatable bonds is 14. The summed E-state index contributed by atoms with van der Waals surface area (Å²) in [6.07, 6.45) is 14.0. The number of carbonyl (C=O) groups excluding carboxylic acids is 2. The number of esters is 2. The maximum atomic E-state index is 11.5. The van der Waals surface area contributed by atoms with Crippen LogP contribution in [-0.4, -0.2) is 54.6 Å². The van der Waals surface area contributed by atoms with Gasteiger partial charge in [-0.25, -0.2) is 4.79 Å². The molecule has 132 valence electrons. The second-order valence-electron chi connectivity index (χ2n) is 6.09. The van der Waals surface area contributed by atoms with Crippen molar-refractivity contribution in [3.05, 3.63) is 0 Å². The molecule has 0 aromatic heterocycles. The molecule has 0 saturated heterocycles. The van der Waals surface area contributed by atoms with E-state index in [-0.39, 0.29) is 29.6 Å². The van der Waals surface area contributed by atoms with Crippen molar-refractivity contribution < 1.29 is 14.3 Å². The van der Waals surface area contributed by atoms with E-state index in [0.717, 1.165) is 12.8 Å². The number of carbonyl (C=O) groups is 2. The molecule has 0 aliphatic carbocycles. The van der Waals surface area contributed by atoms with Gasteiger partial charge in [-0.3, -0.25) is 4.79 Å². The van der Waals surface area contributed by atoms with Gasteiger partial charge >= 0.3 is 41.5 Å². The van der Waals surface area contributed by atoms with Crippen LogP contribution < -0.4 is 5.32 Å². The van der Waals surface area contributed by atoms with Crippen LogP contribution in [0.2, 0.25) is 0 Å². The summed E-state index contributed by atoms with van der Waals surface area (Å²) in [6.45, 7) is 3.92. The van der Waals surface area contributed by atoms with Crippen molar-refractivity contribution in [2.75, 3.05) is 7.05 Å². The Morgan fingerprint density at radius 3 is 1.74 bits per heavy atom. The molecule has 0 amide bonds. The van der Waals surface area contributed by atoms with Crippen molar-refractivity contribution in [3.8, 4) is 0 Å². The predicted molar refractivity (Wildman–Crippen MR) is 97.8 cm³/mol. The summed E-state index contributed by atoms with van der Waals surface area (Å²) in [6, 6.07) is -0.429. The zero-order valence-corrected chi connectivity index (χ0v) is 14.8. The summed E-state index contributed by atoms with van der Waals surface area (Å²) in [5.41, 5.74) is 0. The van der Waals surface area contributed by atoms with Gasteiger partial charge in [0.05, 0.1) is 0 Å². The standard InChI is InChI=1S/C18H35NO3.Na.H/c1-4-5-6-7-8-9-10-11-12-13-14-15-17(20)22-18(21)16(2)19-3;;/h16,19H,4-15H2,1-3H3;;/t16-;;/m0../s1. The number of ether oxygens (including phenoxy) is 1. The first-order valence-corrected chi connectivity index (χ1v) is 9.03. The van der Waals surface area contributed by atoms with Gasteiger partial charge in [-0.15, -0.1) is 0 Å². The van der Waals surface area contributed by atoms with E-state index in [1.54, 1.807) is 14.0 Å². The van der Waals surface area contributed by atoms with Crippen LogP contribution in [0.3, 0.4) is 0 Å². The third-order valence-corrected chi connectivity index (χ3v) is 3.99. The van der Waals surface area contributed by atoms with Gasteiger partial charge in [-0.1, -0.05) is 71.1 Å². The maximum absolute atomic E-state index is 11.5. The molecule has 0 bridgehead atoms. The first kappa shape index (κ1) is 25.3. The molecule has 0 fully saturated rings. The van der Waals surface area contributed by atoms with Gasteiger partial charge in [-0.2, -0.15) is 0 Å². The molecule has 0 aliphatic heterocycles. The number of likely N-dealkylation sites (N-methyl/N-ethyl adjacent to an activating group) is 1. The van der Waals surface area contributed by atoms with E-state index in [4.69, 9.17) is 4.74 Å². The molecule has 0 spiro atoms. The summed E-state index contributed by atoms with van der Waals surface area (Å²) in [4.78, 5) is 22.8. The van der Waals surface area contributed by atoms with Crippen molar-refractivity contribution in [1.82, 2.24) is 5.32 Å². The van der Waals surface area contributed by atoms with E-state index in [1.165, 1.54) is 57.8 Å². The number of nitrogens with one attached hydrogen (secondary N) is 1. The topological polar surface area (TPSA) is 55.4 Å². The minimum absolute atomic E-state index is 0. The van der Waals surface area contributed by atoms with E-state index in [9.17, 15) is 9.59 Å². The fraction of sp³-hybridized carbons (Fsp3) is 0.889. The van der Waals surface area contributed by atoms with Crippen molar-refractivity contribution in [2.24, 2.45) is 0 Å². The van der Waals surface area contributed by atoms with Crippen LogP contribution in [0, 0.1) is 0 Å². The minimum atomic E-state index is -0.490. The molecular weight excluding hydrogens is 301 g/mol. The monoisotopic (exact) mass is 337 g/mol. The SMILES string of the molecule is CCCCCCCCCCCCCC(=O)OC(=O)[C@H](C)NC.[NaH]. The average molecular weight is 337 g/mol. The molecule has 1 N–H and O–H groups in total. The first-order valence-electron chi connectivity index (χ1n) is 9.03. The fourth-order valence-corrected chi connectivity index (χ4v) is 2.30. The Bertz CT molecular complexity index is 298. The molecule has 0 aromatic carbocycles. The second-order valence-corrected chi connectivity index (χ2v) is 6.09. The zero-order valence-electron chi connectivity index (χ0n) is 14.8. The van der Waals surface area contributed by atoms with Crippen molar-refractivity contribution in [3.63, 3.8) is 0 Å². The number of hydrogen-bond acceptors (Lipinski definition) is 4. The molecule has 0 unspecified atom stereocenters. The molecule has 1 atom stereocenters. The van der Waals surface area contributed by atoms with Crippen molar-refractivity contribution in [2.45, 2.75) is 96.9 Å². The van der Waals surface area contributed by atoms with Crippen LogP contribution >= 0.6 is 0 Å². The Balaban J connectivity index is 0. The van der Waals surface area contributed by atoms with E-state index >= 15 is 0 Å². The molecule has 0 rings (SSSR count). The predicted octanol–water partition coefficient (Wildman–Crippen LogP) is 3.72. The molecule has 0 radical (unpaired) electrons. The zero-order chi connectivity index (χ0) is 16.6. The summed E-state index contributed by atoms with van der Waals surface area (Å²) in [7, 11) is 1.67. The van der Waals surface area contributed by atoms with Crippen LogP contribution in [0.4, 0.5) is 0 Å². The van der Waals surface area contributed by atoms with Crippen LogP contribution in [0.15, 0.2) is 0 Å². The summed E-state index contributed by atoms with van der Waals surface area (Å²) < 4.78 is 4.75. The van der Waals surface area contributed by atoms with Gasteiger partial charge in [0.25, 0.3) is 0 Å². The fourth-order valence-electron chi connectivity index (χ4n) is 2.30. The normalized spacial score (nSPS) is 11.6. The van der Waals surface area contributed by atoms with Gasteiger partial charge in [0.2, 0.25) is 0 Å². The van der Waals surface area contributed by atoms with Gasteiger partial charge in [-0.05, 0) is 20.4 Å². The third kappa shape index (κ3) is 16.7. The number of unbranched alkanes of at least 4 members (excludes halogenated alkanes) is 10. The molecule has 0 aliphatic rings. The van der Waals surface area contributed by atoms with Crippen molar-refractivity contribution in [1.29, 1.82) is 0 Å².